The largest absolute Gasteiger partial charge is 0.494 e. The van der Waals surface area contributed by atoms with E-state index in [1.54, 1.807) is 13.0 Å². The molecule has 2 rings (SSSR count). The molecule has 0 saturated carbocycles. The van der Waals surface area contributed by atoms with E-state index in [4.69, 9.17) is 4.74 Å². The minimum Gasteiger partial charge on any atom is -0.494 e. The van der Waals surface area contributed by atoms with Crippen LogP contribution in [0.5, 0.6) is 5.75 Å². The van der Waals surface area contributed by atoms with Crippen LogP contribution in [0.25, 0.3) is 11.4 Å². The molecular weight excluding hydrogens is 247 g/mol. The van der Waals surface area contributed by atoms with Gasteiger partial charge in [0.05, 0.1) is 12.8 Å². The smallest absolute Gasteiger partial charge is 0.254 e. The molecule has 0 saturated heterocycles. The molecule has 5 heteroatoms. The average molecular weight is 262 g/mol. The van der Waals surface area contributed by atoms with Gasteiger partial charge in [-0.3, -0.25) is 4.79 Å². The summed E-state index contributed by atoms with van der Waals surface area (Å²) in [5, 5.41) is 0. The van der Waals surface area contributed by atoms with Crippen molar-refractivity contribution in [2.45, 2.75) is 20.3 Å². The maximum absolute atomic E-state index is 13.4. The summed E-state index contributed by atoms with van der Waals surface area (Å²) in [6.07, 6.45) is 0.668. The van der Waals surface area contributed by atoms with Crippen molar-refractivity contribution in [2.24, 2.45) is 0 Å². The zero-order valence-electron chi connectivity index (χ0n) is 11.1. The second-order valence-corrected chi connectivity index (χ2v) is 4.19. The van der Waals surface area contributed by atoms with Gasteiger partial charge < -0.3 is 9.72 Å². The first kappa shape index (κ1) is 13.3. The van der Waals surface area contributed by atoms with E-state index in [2.05, 4.69) is 9.97 Å². The van der Waals surface area contributed by atoms with Crippen LogP contribution in [0.3, 0.4) is 0 Å². The van der Waals surface area contributed by atoms with Gasteiger partial charge in [-0.1, -0.05) is 6.92 Å². The molecule has 1 heterocycles. The first-order chi connectivity index (χ1) is 9.06. The third-order valence-corrected chi connectivity index (χ3v) is 3.01. The maximum atomic E-state index is 13.4. The summed E-state index contributed by atoms with van der Waals surface area (Å²) in [5.74, 6) is 0.0981. The van der Waals surface area contributed by atoms with Gasteiger partial charge in [0.2, 0.25) is 0 Å². The second kappa shape index (κ2) is 5.22. The Kier molecular flexibility index (Phi) is 3.64. The number of H-pyrrole nitrogens is 1. The minimum atomic E-state index is -0.448. The number of rotatable bonds is 3. The third-order valence-electron chi connectivity index (χ3n) is 3.01. The Morgan fingerprint density at radius 2 is 2.16 bits per heavy atom. The Balaban J connectivity index is 2.59. The number of aromatic nitrogens is 2. The van der Waals surface area contributed by atoms with Crippen LogP contribution in [0, 0.1) is 12.7 Å². The summed E-state index contributed by atoms with van der Waals surface area (Å²) in [7, 11) is 1.39. The lowest BCUT2D eigenvalue weighted by Gasteiger charge is -2.08. The molecule has 2 aromatic rings. The van der Waals surface area contributed by atoms with E-state index in [0.29, 0.717) is 23.4 Å². The summed E-state index contributed by atoms with van der Waals surface area (Å²) >= 11 is 0. The number of aromatic amines is 1. The van der Waals surface area contributed by atoms with E-state index < -0.39 is 5.82 Å². The highest BCUT2D eigenvalue weighted by atomic mass is 19.1. The van der Waals surface area contributed by atoms with Crippen LogP contribution in [0.2, 0.25) is 0 Å². The molecule has 0 radical (unpaired) electrons. The Bertz CT molecular complexity index is 665. The summed E-state index contributed by atoms with van der Waals surface area (Å²) in [6.45, 7) is 3.67. The van der Waals surface area contributed by atoms with E-state index >= 15 is 0 Å². The molecule has 19 heavy (non-hydrogen) atoms. The molecule has 4 nitrogen and oxygen atoms in total. The molecule has 0 amide bonds. The zero-order chi connectivity index (χ0) is 14.0. The fourth-order valence-corrected chi connectivity index (χ4v) is 1.87. The monoisotopic (exact) mass is 262 g/mol. The molecule has 0 fully saturated rings. The highest BCUT2D eigenvalue weighted by Crippen LogP contribution is 2.23. The number of nitrogens with one attached hydrogen (secondary N) is 1. The Morgan fingerprint density at radius 3 is 2.79 bits per heavy atom. The van der Waals surface area contributed by atoms with Gasteiger partial charge in [0.25, 0.3) is 5.56 Å². The van der Waals surface area contributed by atoms with Crippen molar-refractivity contribution >= 4 is 0 Å². The molecule has 0 spiro atoms. The first-order valence-corrected chi connectivity index (χ1v) is 6.00. The van der Waals surface area contributed by atoms with Crippen molar-refractivity contribution in [3.05, 3.63) is 45.6 Å². The van der Waals surface area contributed by atoms with E-state index in [0.717, 1.165) is 5.69 Å². The van der Waals surface area contributed by atoms with Crippen LogP contribution >= 0.6 is 0 Å². The Morgan fingerprint density at radius 1 is 1.42 bits per heavy atom. The second-order valence-electron chi connectivity index (χ2n) is 4.19. The molecule has 0 aliphatic carbocycles. The Labute approximate surface area is 110 Å². The number of benzene rings is 1. The van der Waals surface area contributed by atoms with E-state index in [-0.39, 0.29) is 11.3 Å². The quantitative estimate of drug-likeness (QED) is 0.924. The summed E-state index contributed by atoms with van der Waals surface area (Å²) in [5.41, 5.74) is 1.79. The summed E-state index contributed by atoms with van der Waals surface area (Å²) < 4.78 is 18.3. The predicted octanol–water partition coefficient (Wildman–Crippen LogP) is 2.46. The van der Waals surface area contributed by atoms with Gasteiger partial charge >= 0.3 is 0 Å². The van der Waals surface area contributed by atoms with Gasteiger partial charge in [-0.15, -0.1) is 0 Å². The number of aryl methyl sites for hydroxylation is 1. The maximum Gasteiger partial charge on any atom is 0.254 e. The van der Waals surface area contributed by atoms with Crippen LogP contribution in [0.4, 0.5) is 4.39 Å². The zero-order valence-corrected chi connectivity index (χ0v) is 11.1. The molecular formula is C14H15FN2O2. The normalized spacial score (nSPS) is 10.5. The van der Waals surface area contributed by atoms with E-state index in [1.165, 1.54) is 19.2 Å². The van der Waals surface area contributed by atoms with Crippen molar-refractivity contribution in [1.29, 1.82) is 0 Å². The number of halogens is 1. The number of methoxy groups -OCH3 is 1. The first-order valence-electron chi connectivity index (χ1n) is 6.00. The molecule has 0 aliphatic heterocycles. The van der Waals surface area contributed by atoms with Crippen LogP contribution in [0.1, 0.15) is 18.2 Å². The van der Waals surface area contributed by atoms with Gasteiger partial charge in [-0.2, -0.15) is 0 Å². The van der Waals surface area contributed by atoms with Crippen molar-refractivity contribution in [3.63, 3.8) is 0 Å². The molecule has 0 bridgehead atoms. The fourth-order valence-electron chi connectivity index (χ4n) is 1.87. The van der Waals surface area contributed by atoms with Gasteiger partial charge in [-0.05, 0) is 31.5 Å². The molecule has 0 unspecified atom stereocenters. The van der Waals surface area contributed by atoms with Crippen molar-refractivity contribution in [1.82, 2.24) is 9.97 Å². The van der Waals surface area contributed by atoms with Gasteiger partial charge in [0, 0.05) is 11.1 Å². The topological polar surface area (TPSA) is 55.0 Å². The van der Waals surface area contributed by atoms with Gasteiger partial charge in [0.15, 0.2) is 11.6 Å². The number of nitrogens with zero attached hydrogens (tertiary/aromatic N) is 1. The van der Waals surface area contributed by atoms with Crippen LogP contribution in [0.15, 0.2) is 23.0 Å². The Hall–Kier alpha value is -2.17. The molecule has 1 aromatic heterocycles. The van der Waals surface area contributed by atoms with Crippen molar-refractivity contribution < 1.29 is 9.13 Å². The SMILES string of the molecule is CCc1nc(-c2ccc(F)c(OC)c2)[nH]c(=O)c1C. The van der Waals surface area contributed by atoms with Crippen LogP contribution in [-0.2, 0) is 6.42 Å². The van der Waals surface area contributed by atoms with Crippen LogP contribution in [-0.4, -0.2) is 17.1 Å². The lowest BCUT2D eigenvalue weighted by molar-refractivity contribution is 0.386. The molecule has 0 atom stereocenters. The molecule has 100 valence electrons. The van der Waals surface area contributed by atoms with Gasteiger partial charge in [0.1, 0.15) is 5.82 Å². The fraction of sp³-hybridized carbons (Fsp3) is 0.286. The lowest BCUT2D eigenvalue weighted by Crippen LogP contribution is -2.15. The van der Waals surface area contributed by atoms with E-state index in [9.17, 15) is 9.18 Å². The molecule has 1 N–H and O–H groups in total. The van der Waals surface area contributed by atoms with Crippen LogP contribution < -0.4 is 10.3 Å². The van der Waals surface area contributed by atoms with E-state index in [1.807, 2.05) is 6.92 Å². The number of ether oxygens (including phenoxy) is 1. The van der Waals surface area contributed by atoms with Gasteiger partial charge in [-0.25, -0.2) is 9.37 Å². The van der Waals surface area contributed by atoms with Crippen molar-refractivity contribution in [2.75, 3.05) is 7.11 Å². The predicted molar refractivity (Wildman–Crippen MR) is 70.9 cm³/mol. The standard InChI is InChI=1S/C14H15FN2O2/c1-4-11-8(2)14(18)17-13(16-11)9-5-6-10(15)12(7-9)19-3/h5-7H,4H2,1-3H3,(H,16,17,18). The number of hydrogen-bond acceptors (Lipinski definition) is 3. The molecule has 0 aliphatic rings. The summed E-state index contributed by atoms with van der Waals surface area (Å²) in [4.78, 5) is 18.9. The third kappa shape index (κ3) is 2.50. The highest BCUT2D eigenvalue weighted by molar-refractivity contribution is 5.58. The summed E-state index contributed by atoms with van der Waals surface area (Å²) in [6, 6.07) is 4.37. The van der Waals surface area contributed by atoms with Crippen molar-refractivity contribution in [3.8, 4) is 17.1 Å². The number of hydrogen-bond donors (Lipinski definition) is 1. The molecule has 1 aromatic carbocycles. The highest BCUT2D eigenvalue weighted by Gasteiger charge is 2.10. The lowest BCUT2D eigenvalue weighted by atomic mass is 10.1. The average Bonchev–Trinajstić information content (AvgIpc) is 2.42. The minimum absolute atomic E-state index is 0.124.